The normalized spacial score (nSPS) is 13.1. The quantitative estimate of drug-likeness (QED) is 0.517. The van der Waals surface area contributed by atoms with Crippen LogP contribution in [0, 0.1) is 13.8 Å². The highest BCUT2D eigenvalue weighted by molar-refractivity contribution is 6.04. The van der Waals surface area contributed by atoms with E-state index in [0.29, 0.717) is 5.56 Å². The molecule has 0 aliphatic carbocycles. The van der Waals surface area contributed by atoms with Crippen molar-refractivity contribution in [1.29, 1.82) is 0 Å². The standard InChI is InChI=1S/C25H25N5O/c1-17-14-18(2)30(28-17)22-11-9-19(10-12-22)25(31)26-21-7-5-6-20(15-21)23-16-29-13-4-3-8-24(29)27-23/h5-7,9-12,14-16H,3-4,8,13H2,1-2H3,(H,26,31). The summed E-state index contributed by atoms with van der Waals surface area (Å²) in [6.45, 7) is 5.02. The third-order valence-electron chi connectivity index (χ3n) is 5.71. The summed E-state index contributed by atoms with van der Waals surface area (Å²) in [5, 5.41) is 7.50. The number of nitrogens with zero attached hydrogens (tertiary/aromatic N) is 4. The molecule has 6 heteroatoms. The monoisotopic (exact) mass is 411 g/mol. The Hall–Kier alpha value is -3.67. The van der Waals surface area contributed by atoms with Crippen LogP contribution in [0.15, 0.2) is 60.8 Å². The molecule has 1 amide bonds. The number of aryl methyl sites for hydroxylation is 4. The summed E-state index contributed by atoms with van der Waals surface area (Å²) in [6.07, 6.45) is 5.55. The number of aromatic nitrogens is 4. The Kier molecular flexibility index (Phi) is 4.90. The molecule has 1 aliphatic rings. The third-order valence-corrected chi connectivity index (χ3v) is 5.71. The van der Waals surface area contributed by atoms with Gasteiger partial charge in [-0.05, 0) is 69.2 Å². The molecule has 0 atom stereocenters. The number of hydrogen-bond acceptors (Lipinski definition) is 3. The van der Waals surface area contributed by atoms with E-state index in [1.54, 1.807) is 0 Å². The van der Waals surface area contributed by atoms with Gasteiger partial charge in [-0.15, -0.1) is 0 Å². The van der Waals surface area contributed by atoms with Gasteiger partial charge in [0.25, 0.3) is 5.91 Å². The van der Waals surface area contributed by atoms with Gasteiger partial charge in [0.1, 0.15) is 5.82 Å². The fourth-order valence-electron chi connectivity index (χ4n) is 4.16. The van der Waals surface area contributed by atoms with E-state index in [-0.39, 0.29) is 5.91 Å². The second-order valence-corrected chi connectivity index (χ2v) is 8.11. The highest BCUT2D eigenvalue weighted by Crippen LogP contribution is 2.25. The number of hydrogen-bond donors (Lipinski definition) is 1. The molecule has 6 nitrogen and oxygen atoms in total. The highest BCUT2D eigenvalue weighted by Gasteiger charge is 2.14. The molecule has 4 aromatic rings. The lowest BCUT2D eigenvalue weighted by molar-refractivity contribution is 0.102. The first-order chi connectivity index (χ1) is 15.1. The summed E-state index contributed by atoms with van der Waals surface area (Å²) >= 11 is 0. The van der Waals surface area contributed by atoms with Crippen LogP contribution in [-0.2, 0) is 13.0 Å². The molecule has 0 unspecified atom stereocenters. The first-order valence-corrected chi connectivity index (χ1v) is 10.7. The summed E-state index contributed by atoms with van der Waals surface area (Å²) in [7, 11) is 0. The van der Waals surface area contributed by atoms with Gasteiger partial charge in [0.05, 0.1) is 17.1 Å². The number of benzene rings is 2. The van der Waals surface area contributed by atoms with E-state index in [1.807, 2.05) is 73.1 Å². The molecule has 31 heavy (non-hydrogen) atoms. The first kappa shape index (κ1) is 19.3. The molecule has 1 aliphatic heterocycles. The molecular formula is C25H25N5O. The Balaban J connectivity index is 1.33. The predicted octanol–water partition coefficient (Wildman–Crippen LogP) is 4.94. The predicted molar refractivity (Wildman–Crippen MR) is 122 cm³/mol. The number of carbonyl (C=O) groups is 1. The number of imidazole rings is 1. The van der Waals surface area contributed by atoms with E-state index in [1.165, 1.54) is 12.8 Å². The summed E-state index contributed by atoms with van der Waals surface area (Å²) in [5.41, 5.74) is 6.31. The van der Waals surface area contributed by atoms with Crippen molar-refractivity contribution in [1.82, 2.24) is 19.3 Å². The maximum atomic E-state index is 12.8. The van der Waals surface area contributed by atoms with Crippen molar-refractivity contribution in [2.75, 3.05) is 5.32 Å². The summed E-state index contributed by atoms with van der Waals surface area (Å²) < 4.78 is 4.12. The largest absolute Gasteiger partial charge is 0.334 e. The molecule has 0 radical (unpaired) electrons. The minimum atomic E-state index is -0.138. The van der Waals surface area contributed by atoms with Crippen LogP contribution < -0.4 is 5.32 Å². The van der Waals surface area contributed by atoms with Crippen molar-refractivity contribution in [3.8, 4) is 16.9 Å². The van der Waals surface area contributed by atoms with Crippen LogP contribution in [0.4, 0.5) is 5.69 Å². The zero-order valence-corrected chi connectivity index (χ0v) is 17.8. The lowest BCUT2D eigenvalue weighted by Gasteiger charge is -2.11. The Morgan fingerprint density at radius 1 is 1.03 bits per heavy atom. The minimum Gasteiger partial charge on any atom is -0.334 e. The Morgan fingerprint density at radius 2 is 1.87 bits per heavy atom. The van der Waals surface area contributed by atoms with E-state index in [4.69, 9.17) is 4.98 Å². The van der Waals surface area contributed by atoms with Gasteiger partial charge < -0.3 is 9.88 Å². The molecule has 0 fully saturated rings. The molecule has 2 aromatic carbocycles. The van der Waals surface area contributed by atoms with E-state index >= 15 is 0 Å². The highest BCUT2D eigenvalue weighted by atomic mass is 16.1. The molecule has 0 saturated carbocycles. The molecule has 0 saturated heterocycles. The molecular weight excluding hydrogens is 386 g/mol. The van der Waals surface area contributed by atoms with Crippen molar-refractivity contribution < 1.29 is 4.79 Å². The summed E-state index contributed by atoms with van der Waals surface area (Å²) in [5.74, 6) is 1.01. The Bertz CT molecular complexity index is 1230. The zero-order chi connectivity index (χ0) is 21.4. The molecule has 0 bridgehead atoms. The molecule has 1 N–H and O–H groups in total. The number of carbonyl (C=O) groups excluding carboxylic acids is 1. The smallest absolute Gasteiger partial charge is 0.255 e. The van der Waals surface area contributed by atoms with E-state index in [9.17, 15) is 4.79 Å². The summed E-state index contributed by atoms with van der Waals surface area (Å²) in [6, 6.07) is 17.4. The number of nitrogens with one attached hydrogen (secondary N) is 1. The lowest BCUT2D eigenvalue weighted by Crippen LogP contribution is -2.12. The van der Waals surface area contributed by atoms with Crippen molar-refractivity contribution in [3.63, 3.8) is 0 Å². The number of fused-ring (bicyclic) bond motifs is 1. The van der Waals surface area contributed by atoms with Gasteiger partial charge in [-0.25, -0.2) is 9.67 Å². The first-order valence-electron chi connectivity index (χ1n) is 10.7. The van der Waals surface area contributed by atoms with Gasteiger partial charge in [0, 0.05) is 41.7 Å². The van der Waals surface area contributed by atoms with Crippen molar-refractivity contribution >= 4 is 11.6 Å². The second kappa shape index (κ2) is 7.87. The molecule has 2 aromatic heterocycles. The maximum absolute atomic E-state index is 12.8. The lowest BCUT2D eigenvalue weighted by atomic mass is 10.1. The fourth-order valence-corrected chi connectivity index (χ4v) is 4.16. The number of amides is 1. The number of rotatable bonds is 4. The fraction of sp³-hybridized carbons (Fsp3) is 0.240. The second-order valence-electron chi connectivity index (χ2n) is 8.11. The van der Waals surface area contributed by atoms with Crippen LogP contribution >= 0.6 is 0 Å². The Labute approximate surface area is 181 Å². The molecule has 5 rings (SSSR count). The van der Waals surface area contributed by atoms with Gasteiger partial charge >= 0.3 is 0 Å². The minimum absolute atomic E-state index is 0.138. The van der Waals surface area contributed by atoms with Gasteiger partial charge in [-0.2, -0.15) is 5.10 Å². The van der Waals surface area contributed by atoms with E-state index in [0.717, 1.165) is 52.8 Å². The zero-order valence-electron chi connectivity index (χ0n) is 17.8. The van der Waals surface area contributed by atoms with Crippen molar-refractivity contribution in [3.05, 3.63) is 83.6 Å². The average Bonchev–Trinajstić information content (AvgIpc) is 3.36. The molecule has 0 spiro atoms. The maximum Gasteiger partial charge on any atom is 0.255 e. The van der Waals surface area contributed by atoms with E-state index in [2.05, 4.69) is 21.2 Å². The van der Waals surface area contributed by atoms with Gasteiger partial charge in [0.2, 0.25) is 0 Å². The number of anilines is 1. The molecule has 3 heterocycles. The van der Waals surface area contributed by atoms with Crippen LogP contribution in [0.2, 0.25) is 0 Å². The van der Waals surface area contributed by atoms with Gasteiger partial charge in [-0.3, -0.25) is 4.79 Å². The van der Waals surface area contributed by atoms with Crippen LogP contribution in [0.3, 0.4) is 0 Å². The average molecular weight is 412 g/mol. The van der Waals surface area contributed by atoms with Gasteiger partial charge in [0.15, 0.2) is 0 Å². The van der Waals surface area contributed by atoms with Crippen LogP contribution in [-0.4, -0.2) is 25.2 Å². The third kappa shape index (κ3) is 3.89. The summed E-state index contributed by atoms with van der Waals surface area (Å²) in [4.78, 5) is 17.6. The van der Waals surface area contributed by atoms with E-state index < -0.39 is 0 Å². The van der Waals surface area contributed by atoms with Crippen LogP contribution in [0.1, 0.15) is 40.4 Å². The molecule has 156 valence electrons. The SMILES string of the molecule is Cc1cc(C)n(-c2ccc(C(=O)Nc3cccc(-c4cn5c(n4)CCCC5)c3)cc2)n1. The topological polar surface area (TPSA) is 64.7 Å². The Morgan fingerprint density at radius 3 is 2.61 bits per heavy atom. The van der Waals surface area contributed by atoms with Crippen molar-refractivity contribution in [2.24, 2.45) is 0 Å². The van der Waals surface area contributed by atoms with Gasteiger partial charge in [-0.1, -0.05) is 12.1 Å². The van der Waals surface area contributed by atoms with Crippen LogP contribution in [0.25, 0.3) is 16.9 Å². The van der Waals surface area contributed by atoms with Crippen molar-refractivity contribution in [2.45, 2.75) is 39.7 Å². The van der Waals surface area contributed by atoms with Crippen LogP contribution in [0.5, 0.6) is 0 Å².